The number of carbonyl (C=O) groups is 2. The van der Waals surface area contributed by atoms with Crippen LogP contribution in [-0.2, 0) is 16.1 Å². The predicted molar refractivity (Wildman–Crippen MR) is 135 cm³/mol. The van der Waals surface area contributed by atoms with Gasteiger partial charge in [0.2, 0.25) is 11.8 Å². The minimum absolute atomic E-state index is 0.0182. The van der Waals surface area contributed by atoms with E-state index in [2.05, 4.69) is 0 Å². The summed E-state index contributed by atoms with van der Waals surface area (Å²) in [5.41, 5.74) is 4.34. The van der Waals surface area contributed by atoms with Crippen molar-refractivity contribution >= 4 is 17.5 Å². The van der Waals surface area contributed by atoms with Gasteiger partial charge in [0.25, 0.3) is 0 Å². The summed E-state index contributed by atoms with van der Waals surface area (Å²) >= 11 is 0. The first-order valence-electron chi connectivity index (χ1n) is 11.5. The molecule has 0 atom stereocenters. The molecule has 0 N–H and O–H groups in total. The van der Waals surface area contributed by atoms with Crippen molar-refractivity contribution in [3.63, 3.8) is 0 Å². The molecular formula is C28H26N4O3. The summed E-state index contributed by atoms with van der Waals surface area (Å²) in [5, 5.41) is 4.75. The van der Waals surface area contributed by atoms with E-state index in [1.165, 1.54) is 0 Å². The Morgan fingerprint density at radius 1 is 0.886 bits per heavy atom. The second-order valence-corrected chi connectivity index (χ2v) is 8.34. The van der Waals surface area contributed by atoms with Crippen LogP contribution in [0, 0.1) is 0 Å². The van der Waals surface area contributed by atoms with Crippen LogP contribution in [0.15, 0.2) is 91.0 Å². The summed E-state index contributed by atoms with van der Waals surface area (Å²) in [5.74, 6) is 0.360. The summed E-state index contributed by atoms with van der Waals surface area (Å²) in [6.07, 6.45) is 0. The maximum absolute atomic E-state index is 13.3. The topological polar surface area (TPSA) is 67.7 Å². The van der Waals surface area contributed by atoms with Crippen molar-refractivity contribution in [2.24, 2.45) is 0 Å². The molecule has 4 aromatic rings. The quantitative estimate of drug-likeness (QED) is 0.429. The van der Waals surface area contributed by atoms with Gasteiger partial charge in [-0.2, -0.15) is 5.10 Å². The lowest BCUT2D eigenvalue weighted by Gasteiger charge is -2.35. The van der Waals surface area contributed by atoms with Crippen LogP contribution in [0.1, 0.15) is 0 Å². The third-order valence-corrected chi connectivity index (χ3v) is 6.15. The highest BCUT2D eigenvalue weighted by molar-refractivity contribution is 5.99. The van der Waals surface area contributed by atoms with Crippen LogP contribution in [0.2, 0.25) is 0 Å². The van der Waals surface area contributed by atoms with Gasteiger partial charge >= 0.3 is 0 Å². The highest BCUT2D eigenvalue weighted by atomic mass is 16.5. The van der Waals surface area contributed by atoms with Crippen LogP contribution in [0.25, 0.3) is 22.5 Å². The number of carbonyl (C=O) groups excluding carboxylic acids is 2. The summed E-state index contributed by atoms with van der Waals surface area (Å²) < 4.78 is 7.14. The van der Waals surface area contributed by atoms with E-state index in [1.807, 2.05) is 91.0 Å². The fourth-order valence-electron chi connectivity index (χ4n) is 4.35. The number of para-hydroxylation sites is 2. The Bertz CT molecular complexity index is 1330. The van der Waals surface area contributed by atoms with Gasteiger partial charge in [-0.3, -0.25) is 14.3 Å². The van der Waals surface area contributed by atoms with Crippen molar-refractivity contribution in [2.75, 3.05) is 31.6 Å². The average Bonchev–Trinajstić information content (AvgIpc) is 3.33. The van der Waals surface area contributed by atoms with E-state index in [1.54, 1.807) is 21.6 Å². The first-order chi connectivity index (χ1) is 17.1. The van der Waals surface area contributed by atoms with Gasteiger partial charge in [-0.1, -0.05) is 72.8 Å². The molecule has 3 aromatic carbocycles. The van der Waals surface area contributed by atoms with Crippen LogP contribution in [0.3, 0.4) is 0 Å². The summed E-state index contributed by atoms with van der Waals surface area (Å²) in [6.45, 7) is 0.921. The molecule has 176 valence electrons. The van der Waals surface area contributed by atoms with Crippen molar-refractivity contribution in [2.45, 2.75) is 6.54 Å². The SMILES string of the molecule is COc1ccccc1N1CCN(C(=O)Cn2nc(-c3ccccc3)cc2-c2ccccc2)CC1=O. The van der Waals surface area contributed by atoms with Gasteiger partial charge in [-0.05, 0) is 23.8 Å². The van der Waals surface area contributed by atoms with Crippen LogP contribution in [0.4, 0.5) is 5.69 Å². The van der Waals surface area contributed by atoms with Gasteiger partial charge < -0.3 is 14.5 Å². The van der Waals surface area contributed by atoms with Gasteiger partial charge in [0, 0.05) is 18.7 Å². The molecule has 2 heterocycles. The highest BCUT2D eigenvalue weighted by Crippen LogP contribution is 2.29. The van der Waals surface area contributed by atoms with Crippen LogP contribution in [-0.4, -0.2) is 53.2 Å². The fourth-order valence-corrected chi connectivity index (χ4v) is 4.35. The Morgan fingerprint density at radius 2 is 1.54 bits per heavy atom. The van der Waals surface area contributed by atoms with Gasteiger partial charge in [-0.25, -0.2) is 0 Å². The Morgan fingerprint density at radius 3 is 2.23 bits per heavy atom. The molecule has 35 heavy (non-hydrogen) atoms. The maximum atomic E-state index is 13.3. The van der Waals surface area contributed by atoms with Crippen molar-refractivity contribution < 1.29 is 14.3 Å². The van der Waals surface area contributed by atoms with E-state index in [0.29, 0.717) is 18.8 Å². The van der Waals surface area contributed by atoms with Gasteiger partial charge in [0.1, 0.15) is 18.8 Å². The number of nitrogens with zero attached hydrogens (tertiary/aromatic N) is 4. The minimum atomic E-state index is -0.141. The molecular weight excluding hydrogens is 440 g/mol. The summed E-state index contributed by atoms with van der Waals surface area (Å²) in [7, 11) is 1.58. The van der Waals surface area contributed by atoms with Crippen LogP contribution >= 0.6 is 0 Å². The second kappa shape index (κ2) is 9.85. The fraction of sp³-hybridized carbons (Fsp3) is 0.179. The lowest BCUT2D eigenvalue weighted by atomic mass is 10.1. The van der Waals surface area contributed by atoms with Gasteiger partial charge in [0.15, 0.2) is 0 Å². The van der Waals surface area contributed by atoms with Crippen LogP contribution < -0.4 is 9.64 Å². The largest absolute Gasteiger partial charge is 0.495 e. The number of amides is 2. The zero-order valence-electron chi connectivity index (χ0n) is 19.5. The van der Waals surface area contributed by atoms with E-state index < -0.39 is 0 Å². The molecule has 1 aliphatic heterocycles. The van der Waals surface area contributed by atoms with Crippen molar-refractivity contribution in [1.82, 2.24) is 14.7 Å². The standard InChI is InChI=1S/C28H26N4O3/c1-35-26-15-9-8-14-24(26)31-17-16-30(19-28(31)34)27(33)20-32-25(22-12-6-3-7-13-22)18-23(29-32)21-10-4-2-5-11-21/h2-15,18H,16-17,19-20H2,1H3. The molecule has 0 saturated carbocycles. The molecule has 0 bridgehead atoms. The minimum Gasteiger partial charge on any atom is -0.495 e. The summed E-state index contributed by atoms with van der Waals surface area (Å²) in [6, 6.07) is 29.2. The smallest absolute Gasteiger partial charge is 0.246 e. The maximum Gasteiger partial charge on any atom is 0.246 e. The Kier molecular flexibility index (Phi) is 6.30. The number of piperazine rings is 1. The lowest BCUT2D eigenvalue weighted by molar-refractivity contribution is -0.137. The summed E-state index contributed by atoms with van der Waals surface area (Å²) in [4.78, 5) is 29.5. The van der Waals surface area contributed by atoms with E-state index in [9.17, 15) is 9.59 Å². The Labute approximate surface area is 204 Å². The zero-order valence-corrected chi connectivity index (χ0v) is 19.5. The first kappa shape index (κ1) is 22.4. The Balaban J connectivity index is 1.36. The highest BCUT2D eigenvalue weighted by Gasteiger charge is 2.30. The van der Waals surface area contributed by atoms with Crippen molar-refractivity contribution in [1.29, 1.82) is 0 Å². The molecule has 5 rings (SSSR count). The number of benzene rings is 3. The van der Waals surface area contributed by atoms with E-state index in [4.69, 9.17) is 9.84 Å². The molecule has 1 aromatic heterocycles. The molecule has 7 nitrogen and oxygen atoms in total. The Hall–Kier alpha value is -4.39. The third-order valence-electron chi connectivity index (χ3n) is 6.15. The number of aromatic nitrogens is 2. The number of methoxy groups -OCH3 is 1. The molecule has 1 saturated heterocycles. The molecule has 7 heteroatoms. The molecule has 0 radical (unpaired) electrons. The molecule has 1 aliphatic rings. The predicted octanol–water partition coefficient (Wildman–Crippen LogP) is 4.10. The number of anilines is 1. The normalized spacial score (nSPS) is 13.7. The number of rotatable bonds is 6. The van der Waals surface area contributed by atoms with E-state index in [0.717, 1.165) is 28.2 Å². The monoisotopic (exact) mass is 466 g/mol. The second-order valence-electron chi connectivity index (χ2n) is 8.34. The van der Waals surface area contributed by atoms with Crippen molar-refractivity contribution in [3.8, 4) is 28.3 Å². The zero-order chi connectivity index (χ0) is 24.2. The van der Waals surface area contributed by atoms with Crippen molar-refractivity contribution in [3.05, 3.63) is 91.0 Å². The van der Waals surface area contributed by atoms with E-state index >= 15 is 0 Å². The molecule has 0 unspecified atom stereocenters. The van der Waals surface area contributed by atoms with Crippen LogP contribution in [0.5, 0.6) is 5.75 Å². The molecule has 0 spiro atoms. The molecule has 1 fully saturated rings. The number of hydrogen-bond donors (Lipinski definition) is 0. The van der Waals surface area contributed by atoms with Gasteiger partial charge in [0.05, 0.1) is 24.2 Å². The van der Waals surface area contributed by atoms with E-state index in [-0.39, 0.29) is 24.9 Å². The average molecular weight is 467 g/mol. The third kappa shape index (κ3) is 4.66. The first-order valence-corrected chi connectivity index (χ1v) is 11.5. The van der Waals surface area contributed by atoms with Gasteiger partial charge in [-0.15, -0.1) is 0 Å². The lowest BCUT2D eigenvalue weighted by Crippen LogP contribution is -2.53. The number of ether oxygens (including phenoxy) is 1. The molecule has 2 amide bonds. The molecule has 0 aliphatic carbocycles. The number of hydrogen-bond acceptors (Lipinski definition) is 4.